The summed E-state index contributed by atoms with van der Waals surface area (Å²) in [6.07, 6.45) is 0.512. The van der Waals surface area contributed by atoms with Gasteiger partial charge in [-0.3, -0.25) is 4.79 Å². The van der Waals surface area contributed by atoms with Gasteiger partial charge in [-0.15, -0.1) is 0 Å². The monoisotopic (exact) mass is 349 g/mol. The number of nitrogens with zero attached hydrogens (tertiary/aromatic N) is 2. The zero-order chi connectivity index (χ0) is 17.7. The summed E-state index contributed by atoms with van der Waals surface area (Å²) < 4.78 is 1.64. The van der Waals surface area contributed by atoms with Crippen molar-refractivity contribution in [1.82, 2.24) is 15.1 Å². The summed E-state index contributed by atoms with van der Waals surface area (Å²) in [5, 5.41) is 16.8. The molecular weight excluding hydrogens is 326 g/mol. The molecule has 2 N–H and O–H groups in total. The maximum Gasteiger partial charge on any atom is 0.256 e. The first-order chi connectivity index (χ1) is 11.4. The molecule has 0 saturated heterocycles. The molecule has 0 saturated carbocycles. The van der Waals surface area contributed by atoms with Gasteiger partial charge in [-0.2, -0.15) is 5.10 Å². The number of amides is 1. The number of aliphatic hydroxyl groups excluding tert-OH is 1. The molecule has 1 amide bonds. The number of hydrogen-bond acceptors (Lipinski definition) is 3. The van der Waals surface area contributed by atoms with Crippen molar-refractivity contribution >= 4 is 17.5 Å². The van der Waals surface area contributed by atoms with Gasteiger partial charge in [0.25, 0.3) is 5.91 Å². The van der Waals surface area contributed by atoms with Crippen molar-refractivity contribution in [3.63, 3.8) is 0 Å². The number of halogens is 1. The third-order valence-electron chi connectivity index (χ3n) is 4.03. The van der Waals surface area contributed by atoms with E-state index in [-0.39, 0.29) is 24.5 Å². The van der Waals surface area contributed by atoms with Crippen LogP contribution in [0.25, 0.3) is 0 Å². The number of aromatic nitrogens is 2. The predicted octanol–water partition coefficient (Wildman–Crippen LogP) is 3.03. The zero-order valence-electron chi connectivity index (χ0n) is 14.3. The average Bonchev–Trinajstić information content (AvgIpc) is 2.81. The lowest BCUT2D eigenvalue weighted by Crippen LogP contribution is -2.39. The van der Waals surface area contributed by atoms with E-state index >= 15 is 0 Å². The lowest BCUT2D eigenvalue weighted by atomic mass is 10.0. The van der Waals surface area contributed by atoms with Gasteiger partial charge in [0.15, 0.2) is 0 Å². The van der Waals surface area contributed by atoms with Crippen molar-refractivity contribution in [3.8, 4) is 0 Å². The summed E-state index contributed by atoms with van der Waals surface area (Å²) in [4.78, 5) is 12.6. The first-order valence-electron chi connectivity index (χ1n) is 8.12. The van der Waals surface area contributed by atoms with Gasteiger partial charge in [0.05, 0.1) is 17.8 Å². The van der Waals surface area contributed by atoms with Crippen molar-refractivity contribution < 1.29 is 9.90 Å². The van der Waals surface area contributed by atoms with Gasteiger partial charge < -0.3 is 10.4 Å². The SMILES string of the molecule is Cc1nn(Cc2ccccc2)c(Cl)c1C(=O)NC(CCO)C(C)C. The second-order valence-corrected chi connectivity index (χ2v) is 6.59. The van der Waals surface area contributed by atoms with Gasteiger partial charge in [-0.25, -0.2) is 4.68 Å². The average molecular weight is 350 g/mol. The van der Waals surface area contributed by atoms with Gasteiger partial charge in [-0.1, -0.05) is 55.8 Å². The number of aliphatic hydroxyl groups is 1. The molecule has 2 aromatic rings. The summed E-state index contributed by atoms with van der Waals surface area (Å²) in [6, 6.07) is 9.73. The highest BCUT2D eigenvalue weighted by Crippen LogP contribution is 2.21. The summed E-state index contributed by atoms with van der Waals surface area (Å²) in [6.45, 7) is 6.33. The molecule has 1 aromatic heterocycles. The fraction of sp³-hybridized carbons (Fsp3) is 0.444. The van der Waals surface area contributed by atoms with E-state index in [0.717, 1.165) is 5.56 Å². The molecule has 1 atom stereocenters. The lowest BCUT2D eigenvalue weighted by molar-refractivity contribution is 0.0916. The molecule has 1 unspecified atom stereocenters. The molecule has 6 heteroatoms. The van der Waals surface area contributed by atoms with E-state index in [0.29, 0.717) is 29.4 Å². The summed E-state index contributed by atoms with van der Waals surface area (Å²) in [5.41, 5.74) is 2.06. The summed E-state index contributed by atoms with van der Waals surface area (Å²) in [5.74, 6) is -0.0245. The molecule has 2 rings (SSSR count). The second-order valence-electron chi connectivity index (χ2n) is 6.23. The Kier molecular flexibility index (Phi) is 6.40. The van der Waals surface area contributed by atoms with Crippen LogP contribution in [0.3, 0.4) is 0 Å². The van der Waals surface area contributed by atoms with Crippen LogP contribution in [0, 0.1) is 12.8 Å². The Morgan fingerprint density at radius 3 is 2.58 bits per heavy atom. The van der Waals surface area contributed by atoms with Gasteiger partial charge in [-0.05, 0) is 24.8 Å². The van der Waals surface area contributed by atoms with E-state index in [2.05, 4.69) is 10.4 Å². The number of carbonyl (C=O) groups is 1. The number of rotatable bonds is 7. The smallest absolute Gasteiger partial charge is 0.256 e. The molecular formula is C18H24ClN3O2. The normalized spacial score (nSPS) is 12.4. The minimum atomic E-state index is -0.246. The largest absolute Gasteiger partial charge is 0.396 e. The quantitative estimate of drug-likeness (QED) is 0.807. The first-order valence-corrected chi connectivity index (χ1v) is 8.50. The van der Waals surface area contributed by atoms with Crippen LogP contribution in [0.5, 0.6) is 0 Å². The van der Waals surface area contributed by atoms with Crippen LogP contribution in [0.1, 0.15) is 41.9 Å². The molecule has 1 aromatic carbocycles. The molecule has 130 valence electrons. The Bertz CT molecular complexity index is 683. The topological polar surface area (TPSA) is 67.2 Å². The lowest BCUT2D eigenvalue weighted by Gasteiger charge is -2.21. The molecule has 24 heavy (non-hydrogen) atoms. The molecule has 0 fully saturated rings. The van der Waals surface area contributed by atoms with Crippen molar-refractivity contribution in [2.45, 2.75) is 39.8 Å². The highest BCUT2D eigenvalue weighted by atomic mass is 35.5. The third-order valence-corrected chi connectivity index (χ3v) is 4.41. The van der Waals surface area contributed by atoms with E-state index < -0.39 is 0 Å². The highest BCUT2D eigenvalue weighted by Gasteiger charge is 2.23. The molecule has 0 spiro atoms. The number of aryl methyl sites for hydroxylation is 1. The van der Waals surface area contributed by atoms with Crippen molar-refractivity contribution in [2.24, 2.45) is 5.92 Å². The van der Waals surface area contributed by atoms with Crippen LogP contribution in [0.15, 0.2) is 30.3 Å². The van der Waals surface area contributed by atoms with E-state index in [1.807, 2.05) is 44.2 Å². The number of benzene rings is 1. The zero-order valence-corrected chi connectivity index (χ0v) is 15.0. The molecule has 5 nitrogen and oxygen atoms in total. The number of hydrogen-bond donors (Lipinski definition) is 2. The van der Waals surface area contributed by atoms with E-state index in [4.69, 9.17) is 16.7 Å². The van der Waals surface area contributed by atoms with Gasteiger partial charge in [0.1, 0.15) is 5.15 Å². The minimum absolute atomic E-state index is 0.0309. The van der Waals surface area contributed by atoms with E-state index in [9.17, 15) is 4.79 Å². The molecule has 0 aliphatic carbocycles. The minimum Gasteiger partial charge on any atom is -0.396 e. The van der Waals surface area contributed by atoms with Gasteiger partial charge in [0, 0.05) is 12.6 Å². The predicted molar refractivity (Wildman–Crippen MR) is 95.3 cm³/mol. The van der Waals surface area contributed by atoms with Crippen LogP contribution >= 0.6 is 11.6 Å². The van der Waals surface area contributed by atoms with Crippen molar-refractivity contribution in [1.29, 1.82) is 0 Å². The van der Waals surface area contributed by atoms with Crippen molar-refractivity contribution in [3.05, 3.63) is 52.3 Å². The Morgan fingerprint density at radius 1 is 1.33 bits per heavy atom. The summed E-state index contributed by atoms with van der Waals surface area (Å²) >= 11 is 6.40. The van der Waals surface area contributed by atoms with Crippen LogP contribution < -0.4 is 5.32 Å². The molecule has 0 bridgehead atoms. The van der Waals surface area contributed by atoms with E-state index in [1.54, 1.807) is 11.6 Å². The fourth-order valence-electron chi connectivity index (χ4n) is 2.62. The first kappa shape index (κ1) is 18.5. The van der Waals surface area contributed by atoms with Gasteiger partial charge in [0.2, 0.25) is 0 Å². The number of nitrogens with one attached hydrogen (secondary N) is 1. The maximum atomic E-state index is 12.6. The van der Waals surface area contributed by atoms with Crippen LogP contribution in [-0.4, -0.2) is 33.4 Å². The fourth-order valence-corrected chi connectivity index (χ4v) is 2.94. The second kappa shape index (κ2) is 8.31. The van der Waals surface area contributed by atoms with E-state index in [1.165, 1.54) is 0 Å². The molecule has 0 aliphatic heterocycles. The Balaban J connectivity index is 2.20. The van der Waals surface area contributed by atoms with Gasteiger partial charge >= 0.3 is 0 Å². The number of carbonyl (C=O) groups excluding carboxylic acids is 1. The summed E-state index contributed by atoms with van der Waals surface area (Å²) in [7, 11) is 0. The molecule has 0 radical (unpaired) electrons. The van der Waals surface area contributed by atoms with Crippen LogP contribution in [0.2, 0.25) is 5.15 Å². The Morgan fingerprint density at radius 2 is 2.00 bits per heavy atom. The Labute approximate surface area is 147 Å². The van der Waals surface area contributed by atoms with Crippen LogP contribution in [-0.2, 0) is 6.54 Å². The van der Waals surface area contributed by atoms with Crippen LogP contribution in [0.4, 0.5) is 0 Å². The third kappa shape index (κ3) is 4.36. The highest BCUT2D eigenvalue weighted by molar-refractivity contribution is 6.33. The van der Waals surface area contributed by atoms with Crippen molar-refractivity contribution in [2.75, 3.05) is 6.61 Å². The standard InChI is InChI=1S/C18H24ClN3O2/c1-12(2)15(9-10-23)20-18(24)16-13(3)21-22(17(16)19)11-14-7-5-4-6-8-14/h4-8,12,15,23H,9-11H2,1-3H3,(H,20,24). The Hall–Kier alpha value is -1.85. The molecule has 0 aliphatic rings. The maximum absolute atomic E-state index is 12.6. The molecule has 1 heterocycles.